The Balaban J connectivity index is 1.60. The summed E-state index contributed by atoms with van der Waals surface area (Å²) >= 11 is 0. The molecule has 0 aliphatic heterocycles. The molecule has 206 valence electrons. The average Bonchev–Trinajstić information content (AvgIpc) is 3.47. The van der Waals surface area contributed by atoms with E-state index in [1.165, 1.54) is 28.3 Å². The molecule has 2 heterocycles. The molecule has 1 fully saturated rings. The van der Waals surface area contributed by atoms with Crippen molar-refractivity contribution in [2.75, 3.05) is 0 Å². The number of aromatic nitrogens is 4. The van der Waals surface area contributed by atoms with Gasteiger partial charge in [-0.1, -0.05) is 49.2 Å². The second-order valence-corrected chi connectivity index (χ2v) is 9.74. The topological polar surface area (TPSA) is 101 Å². The van der Waals surface area contributed by atoms with Crippen molar-refractivity contribution in [3.63, 3.8) is 0 Å². The molecule has 1 aliphatic carbocycles. The van der Waals surface area contributed by atoms with Crippen LogP contribution in [-0.2, 0) is 20.1 Å². The van der Waals surface area contributed by atoms with Crippen LogP contribution in [0.3, 0.4) is 0 Å². The van der Waals surface area contributed by atoms with E-state index in [4.69, 9.17) is 4.74 Å². The van der Waals surface area contributed by atoms with Gasteiger partial charge in [0.1, 0.15) is 11.5 Å². The lowest BCUT2D eigenvalue weighted by molar-refractivity contribution is -0.274. The maximum absolute atomic E-state index is 13.7. The largest absolute Gasteiger partial charge is 0.573 e. The average molecular weight is 545 g/mol. The van der Waals surface area contributed by atoms with Gasteiger partial charge in [-0.25, -0.2) is 4.79 Å². The Morgan fingerprint density at radius 1 is 1.00 bits per heavy atom. The number of aliphatic hydroxyl groups is 1. The van der Waals surface area contributed by atoms with E-state index in [-0.39, 0.29) is 42.4 Å². The number of nitrogens with zero attached hydrogens (tertiary/aromatic N) is 4. The zero-order valence-electron chi connectivity index (χ0n) is 21.1. The number of hydrogen-bond acceptors (Lipinski definition) is 6. The fourth-order valence-corrected chi connectivity index (χ4v) is 4.98. The van der Waals surface area contributed by atoms with Crippen LogP contribution >= 0.6 is 0 Å². The van der Waals surface area contributed by atoms with Gasteiger partial charge in [-0.2, -0.15) is 4.98 Å². The van der Waals surface area contributed by atoms with Crippen molar-refractivity contribution in [1.82, 2.24) is 18.7 Å². The lowest BCUT2D eigenvalue weighted by Gasteiger charge is -2.22. The molecule has 39 heavy (non-hydrogen) atoms. The Labute approximate surface area is 220 Å². The van der Waals surface area contributed by atoms with Crippen molar-refractivity contribution in [1.29, 1.82) is 0 Å². The maximum Gasteiger partial charge on any atom is 0.573 e. The third-order valence-electron chi connectivity index (χ3n) is 6.96. The molecule has 0 amide bonds. The molecule has 2 aromatic heterocycles. The molecule has 12 heteroatoms. The first-order chi connectivity index (χ1) is 18.5. The fraction of sp³-hybridized carbons (Fsp3) is 0.370. The summed E-state index contributed by atoms with van der Waals surface area (Å²) in [5, 5.41) is 10.8. The van der Waals surface area contributed by atoms with Crippen molar-refractivity contribution in [2.24, 2.45) is 7.05 Å². The molecular formula is C27H27F3N4O5. The molecule has 1 N–H and O–H groups in total. The lowest BCUT2D eigenvalue weighted by atomic mass is 9.98. The Morgan fingerprint density at radius 3 is 2.38 bits per heavy atom. The summed E-state index contributed by atoms with van der Waals surface area (Å²) in [6.45, 7) is 0.171. The summed E-state index contributed by atoms with van der Waals surface area (Å²) in [4.78, 5) is 31.3. The first-order valence-corrected chi connectivity index (χ1v) is 12.5. The highest BCUT2D eigenvalue weighted by Crippen LogP contribution is 2.33. The first-order valence-electron chi connectivity index (χ1n) is 12.5. The SMILES string of the molecule is Cn1c(=O)n(CCC2(O)CCCC2)c(=O)c2c1nc(Oc1cccc(OC(F)(F)F)c1)n2Cc1ccccc1. The summed E-state index contributed by atoms with van der Waals surface area (Å²) in [7, 11) is 1.48. The van der Waals surface area contributed by atoms with E-state index in [2.05, 4.69) is 9.72 Å². The fourth-order valence-electron chi connectivity index (χ4n) is 4.98. The van der Waals surface area contributed by atoms with Crippen LogP contribution in [0, 0.1) is 0 Å². The van der Waals surface area contributed by atoms with E-state index in [9.17, 15) is 27.9 Å². The Hall–Kier alpha value is -4.06. The summed E-state index contributed by atoms with van der Waals surface area (Å²) < 4.78 is 51.9. The number of aryl methyl sites for hydroxylation is 1. The highest BCUT2D eigenvalue weighted by Gasteiger charge is 2.32. The Kier molecular flexibility index (Phi) is 6.98. The molecule has 9 nitrogen and oxygen atoms in total. The predicted molar refractivity (Wildman–Crippen MR) is 136 cm³/mol. The predicted octanol–water partition coefficient (Wildman–Crippen LogP) is 4.33. The molecule has 5 rings (SSSR count). The van der Waals surface area contributed by atoms with Gasteiger partial charge in [-0.05, 0) is 37.0 Å². The van der Waals surface area contributed by atoms with Crippen molar-refractivity contribution >= 4 is 11.2 Å². The Bertz CT molecular complexity index is 1600. The molecule has 0 saturated heterocycles. The normalized spacial score (nSPS) is 15.1. The molecule has 1 aliphatic rings. The zero-order chi connectivity index (χ0) is 27.8. The summed E-state index contributed by atoms with van der Waals surface area (Å²) in [6, 6.07) is 14.0. The third kappa shape index (κ3) is 5.70. The van der Waals surface area contributed by atoms with Gasteiger partial charge in [-0.15, -0.1) is 13.2 Å². The molecule has 0 unspecified atom stereocenters. The molecule has 1 saturated carbocycles. The number of alkyl halides is 3. The Morgan fingerprint density at radius 2 is 1.69 bits per heavy atom. The molecular weight excluding hydrogens is 517 g/mol. The van der Waals surface area contributed by atoms with Crippen molar-refractivity contribution in [2.45, 2.75) is 57.2 Å². The smallest absolute Gasteiger partial charge is 0.425 e. The number of rotatable bonds is 8. The van der Waals surface area contributed by atoms with Gasteiger partial charge in [0, 0.05) is 19.7 Å². The quantitative estimate of drug-likeness (QED) is 0.355. The van der Waals surface area contributed by atoms with Crippen molar-refractivity contribution in [3.8, 4) is 17.5 Å². The monoisotopic (exact) mass is 544 g/mol. The van der Waals surface area contributed by atoms with Gasteiger partial charge in [0.2, 0.25) is 0 Å². The zero-order valence-corrected chi connectivity index (χ0v) is 21.1. The highest BCUT2D eigenvalue weighted by atomic mass is 19.4. The van der Waals surface area contributed by atoms with Crippen LogP contribution in [0.1, 0.15) is 37.7 Å². The van der Waals surface area contributed by atoms with E-state index in [0.29, 0.717) is 12.8 Å². The van der Waals surface area contributed by atoms with E-state index < -0.39 is 29.0 Å². The maximum atomic E-state index is 13.7. The van der Waals surface area contributed by atoms with E-state index in [0.717, 1.165) is 35.1 Å². The second kappa shape index (κ2) is 10.3. The summed E-state index contributed by atoms with van der Waals surface area (Å²) in [5.41, 5.74) is -1.14. The van der Waals surface area contributed by atoms with Gasteiger partial charge in [-0.3, -0.25) is 18.5 Å². The molecule has 0 atom stereocenters. The van der Waals surface area contributed by atoms with Crippen molar-refractivity contribution in [3.05, 3.63) is 81.0 Å². The van der Waals surface area contributed by atoms with Gasteiger partial charge < -0.3 is 14.6 Å². The number of hydrogen-bond donors (Lipinski definition) is 1. The van der Waals surface area contributed by atoms with Crippen LogP contribution in [0.25, 0.3) is 11.2 Å². The van der Waals surface area contributed by atoms with Crippen LogP contribution in [-0.4, -0.2) is 35.8 Å². The van der Waals surface area contributed by atoms with Crippen LogP contribution in [0.15, 0.2) is 64.2 Å². The number of benzene rings is 2. The lowest BCUT2D eigenvalue weighted by Crippen LogP contribution is -2.41. The van der Waals surface area contributed by atoms with Crippen LogP contribution in [0.5, 0.6) is 17.5 Å². The second-order valence-electron chi connectivity index (χ2n) is 9.74. The number of ether oxygens (including phenoxy) is 2. The highest BCUT2D eigenvalue weighted by molar-refractivity contribution is 5.72. The molecule has 2 aromatic carbocycles. The van der Waals surface area contributed by atoms with Gasteiger partial charge in [0.05, 0.1) is 12.1 Å². The van der Waals surface area contributed by atoms with Crippen LogP contribution in [0.2, 0.25) is 0 Å². The number of imidazole rings is 1. The van der Waals surface area contributed by atoms with E-state index in [1.807, 2.05) is 30.3 Å². The van der Waals surface area contributed by atoms with Crippen molar-refractivity contribution < 1.29 is 27.8 Å². The third-order valence-corrected chi connectivity index (χ3v) is 6.96. The number of fused-ring (bicyclic) bond motifs is 1. The van der Waals surface area contributed by atoms with Crippen LogP contribution < -0.4 is 20.7 Å². The standard InChI is InChI=1S/C27H27F3N4O5/c1-32-22-21(23(35)33(25(32)36)15-14-26(37)12-5-6-13-26)34(17-18-8-3-2-4-9-18)24(31-22)38-19-10-7-11-20(16-19)39-27(28,29)30/h2-4,7-11,16,37H,5-6,12-15,17H2,1H3. The minimum Gasteiger partial charge on any atom is -0.425 e. The molecule has 0 bridgehead atoms. The number of halogens is 3. The van der Waals surface area contributed by atoms with Gasteiger partial charge in [0.15, 0.2) is 11.2 Å². The van der Waals surface area contributed by atoms with Gasteiger partial charge >= 0.3 is 18.1 Å². The molecule has 0 spiro atoms. The molecule has 0 radical (unpaired) electrons. The molecule has 4 aromatic rings. The minimum atomic E-state index is -4.88. The van der Waals surface area contributed by atoms with E-state index >= 15 is 0 Å². The minimum absolute atomic E-state index is 0.00449. The summed E-state index contributed by atoms with van der Waals surface area (Å²) in [6.07, 6.45) is -1.61. The van der Waals surface area contributed by atoms with E-state index in [1.54, 1.807) is 0 Å². The van der Waals surface area contributed by atoms with Gasteiger partial charge in [0.25, 0.3) is 5.56 Å². The first kappa shape index (κ1) is 26.5. The summed E-state index contributed by atoms with van der Waals surface area (Å²) in [5.74, 6) is -0.486. The van der Waals surface area contributed by atoms with Crippen LogP contribution in [0.4, 0.5) is 13.2 Å².